The number of Topliss-reactive ketones (excluding diaryl/α,β-unsaturated/α-hetero) is 1. The summed E-state index contributed by atoms with van der Waals surface area (Å²) in [7, 11) is 0. The zero-order valence-electron chi connectivity index (χ0n) is 6.24. The molecule has 2 nitrogen and oxygen atoms in total. The third-order valence-electron chi connectivity index (χ3n) is 1.37. The Bertz CT molecular complexity index is 255. The van der Waals surface area contributed by atoms with E-state index < -0.39 is 0 Å². The largest absolute Gasteiger partial charge is 0.293 e. The van der Waals surface area contributed by atoms with Crippen molar-refractivity contribution < 1.29 is 4.79 Å². The van der Waals surface area contributed by atoms with Crippen molar-refractivity contribution in [2.45, 2.75) is 12.7 Å². The molecule has 0 saturated heterocycles. The Kier molecular flexibility index (Phi) is 2.65. The van der Waals surface area contributed by atoms with Gasteiger partial charge in [0.15, 0.2) is 5.78 Å². The number of ketones is 1. The average molecular weight is 167 g/mol. The van der Waals surface area contributed by atoms with E-state index >= 15 is 0 Å². The molecule has 0 amide bonds. The number of hydrogen-bond acceptors (Lipinski definition) is 3. The maximum absolute atomic E-state index is 10.8. The van der Waals surface area contributed by atoms with Crippen LogP contribution in [-0.2, 0) is 5.75 Å². The van der Waals surface area contributed by atoms with E-state index in [1.54, 1.807) is 12.3 Å². The van der Waals surface area contributed by atoms with Crippen molar-refractivity contribution in [1.29, 1.82) is 0 Å². The highest BCUT2D eigenvalue weighted by atomic mass is 32.1. The van der Waals surface area contributed by atoms with Gasteiger partial charge in [0.1, 0.15) is 5.69 Å². The monoisotopic (exact) mass is 167 g/mol. The summed E-state index contributed by atoms with van der Waals surface area (Å²) >= 11 is 4.07. The van der Waals surface area contributed by atoms with Crippen LogP contribution in [0.3, 0.4) is 0 Å². The minimum absolute atomic E-state index is 0.00397. The molecule has 58 valence electrons. The maximum atomic E-state index is 10.8. The molecule has 0 bridgehead atoms. The molecule has 0 aliphatic rings. The smallest absolute Gasteiger partial charge is 0.178 e. The molecule has 0 radical (unpaired) electrons. The molecule has 0 fully saturated rings. The number of carbonyl (C=O) groups is 1. The van der Waals surface area contributed by atoms with E-state index in [4.69, 9.17) is 0 Å². The van der Waals surface area contributed by atoms with Gasteiger partial charge in [-0.05, 0) is 11.6 Å². The number of thiol groups is 1. The second-order valence-electron chi connectivity index (χ2n) is 2.27. The van der Waals surface area contributed by atoms with Crippen LogP contribution in [0.4, 0.5) is 0 Å². The summed E-state index contributed by atoms with van der Waals surface area (Å²) in [5.74, 6) is 0.654. The second kappa shape index (κ2) is 3.53. The first-order valence-electron chi connectivity index (χ1n) is 3.31. The summed E-state index contributed by atoms with van der Waals surface area (Å²) in [6, 6.07) is 3.57. The minimum Gasteiger partial charge on any atom is -0.293 e. The second-order valence-corrected chi connectivity index (χ2v) is 2.58. The molecule has 0 N–H and O–H groups in total. The molecule has 11 heavy (non-hydrogen) atoms. The summed E-state index contributed by atoms with van der Waals surface area (Å²) in [6.45, 7) is 1.50. The van der Waals surface area contributed by atoms with Crippen LogP contribution in [0.25, 0.3) is 0 Å². The fourth-order valence-electron chi connectivity index (χ4n) is 0.726. The van der Waals surface area contributed by atoms with Crippen LogP contribution in [0, 0.1) is 0 Å². The molecule has 0 aromatic carbocycles. The van der Waals surface area contributed by atoms with Crippen molar-refractivity contribution in [2.24, 2.45) is 0 Å². The van der Waals surface area contributed by atoms with Crippen LogP contribution in [-0.4, -0.2) is 10.8 Å². The van der Waals surface area contributed by atoms with Crippen LogP contribution in [0.15, 0.2) is 18.3 Å². The Balaban J connectivity index is 2.91. The van der Waals surface area contributed by atoms with Gasteiger partial charge in [-0.2, -0.15) is 12.6 Å². The van der Waals surface area contributed by atoms with Gasteiger partial charge < -0.3 is 0 Å². The number of hydrogen-bond donors (Lipinski definition) is 1. The van der Waals surface area contributed by atoms with Crippen LogP contribution >= 0.6 is 12.6 Å². The first-order chi connectivity index (χ1) is 5.24. The molecular weight excluding hydrogens is 158 g/mol. The number of pyridine rings is 1. The molecular formula is C8H9NOS. The molecule has 0 spiro atoms. The van der Waals surface area contributed by atoms with Gasteiger partial charge in [-0.3, -0.25) is 9.78 Å². The fraction of sp³-hybridized carbons (Fsp3) is 0.250. The van der Waals surface area contributed by atoms with Gasteiger partial charge in [0.2, 0.25) is 0 Å². The quantitative estimate of drug-likeness (QED) is 0.537. The lowest BCUT2D eigenvalue weighted by atomic mass is 10.2. The third-order valence-corrected chi connectivity index (χ3v) is 1.73. The predicted octanol–water partition coefficient (Wildman–Crippen LogP) is 1.71. The van der Waals surface area contributed by atoms with Crippen molar-refractivity contribution in [1.82, 2.24) is 4.98 Å². The normalized spacial score (nSPS) is 9.64. The Hall–Kier alpha value is -0.830. The summed E-state index contributed by atoms with van der Waals surface area (Å²) in [5.41, 5.74) is 1.54. The van der Waals surface area contributed by atoms with Crippen molar-refractivity contribution in [2.75, 3.05) is 0 Å². The standard InChI is InChI=1S/C8H9NOS/c1-6(10)8-3-2-7(5-11)4-9-8/h2-4,11H,5H2,1H3. The summed E-state index contributed by atoms with van der Waals surface area (Å²) in [4.78, 5) is 14.7. The first kappa shape index (κ1) is 8.27. The topological polar surface area (TPSA) is 30.0 Å². The number of aromatic nitrogens is 1. The van der Waals surface area contributed by atoms with E-state index in [2.05, 4.69) is 17.6 Å². The molecule has 0 atom stereocenters. The number of carbonyl (C=O) groups excluding carboxylic acids is 1. The van der Waals surface area contributed by atoms with Gasteiger partial charge in [-0.15, -0.1) is 0 Å². The zero-order valence-corrected chi connectivity index (χ0v) is 7.14. The van der Waals surface area contributed by atoms with Crippen LogP contribution in [0.5, 0.6) is 0 Å². The molecule has 0 aliphatic carbocycles. The van der Waals surface area contributed by atoms with Crippen molar-refractivity contribution in [3.05, 3.63) is 29.6 Å². The lowest BCUT2D eigenvalue weighted by molar-refractivity contribution is 0.101. The fourth-order valence-corrected chi connectivity index (χ4v) is 0.913. The molecule has 0 unspecified atom stereocenters. The lowest BCUT2D eigenvalue weighted by Gasteiger charge is -1.95. The van der Waals surface area contributed by atoms with Gasteiger partial charge in [0, 0.05) is 18.9 Å². The van der Waals surface area contributed by atoms with E-state index in [1.165, 1.54) is 6.92 Å². The molecule has 0 saturated carbocycles. The van der Waals surface area contributed by atoms with E-state index in [1.807, 2.05) is 6.07 Å². The molecule has 1 aromatic heterocycles. The van der Waals surface area contributed by atoms with Gasteiger partial charge in [-0.1, -0.05) is 6.07 Å². The van der Waals surface area contributed by atoms with Gasteiger partial charge >= 0.3 is 0 Å². The van der Waals surface area contributed by atoms with Crippen LogP contribution < -0.4 is 0 Å². The Morgan fingerprint density at radius 1 is 1.64 bits per heavy atom. The van der Waals surface area contributed by atoms with E-state index in [9.17, 15) is 4.79 Å². The minimum atomic E-state index is -0.00397. The van der Waals surface area contributed by atoms with Gasteiger partial charge in [0.25, 0.3) is 0 Å². The molecule has 1 heterocycles. The molecule has 0 aliphatic heterocycles. The number of nitrogens with zero attached hydrogens (tertiary/aromatic N) is 1. The maximum Gasteiger partial charge on any atom is 0.178 e. The first-order valence-corrected chi connectivity index (χ1v) is 3.94. The van der Waals surface area contributed by atoms with Crippen molar-refractivity contribution in [3.63, 3.8) is 0 Å². The molecule has 1 aromatic rings. The number of rotatable bonds is 2. The van der Waals surface area contributed by atoms with Crippen molar-refractivity contribution in [3.8, 4) is 0 Å². The summed E-state index contributed by atoms with van der Waals surface area (Å²) < 4.78 is 0. The summed E-state index contributed by atoms with van der Waals surface area (Å²) in [5, 5.41) is 0. The van der Waals surface area contributed by atoms with Gasteiger partial charge in [-0.25, -0.2) is 0 Å². The van der Waals surface area contributed by atoms with E-state index in [0.717, 1.165) is 5.56 Å². The third kappa shape index (κ3) is 2.05. The molecule has 3 heteroatoms. The zero-order chi connectivity index (χ0) is 8.27. The average Bonchev–Trinajstić information content (AvgIpc) is 2.05. The van der Waals surface area contributed by atoms with Crippen molar-refractivity contribution >= 4 is 18.4 Å². The highest BCUT2D eigenvalue weighted by Crippen LogP contribution is 2.02. The van der Waals surface area contributed by atoms with E-state index in [-0.39, 0.29) is 5.78 Å². The van der Waals surface area contributed by atoms with Crippen LogP contribution in [0.1, 0.15) is 23.0 Å². The summed E-state index contributed by atoms with van der Waals surface area (Å²) in [6.07, 6.45) is 1.67. The molecule has 1 rings (SSSR count). The lowest BCUT2D eigenvalue weighted by Crippen LogP contribution is -1.95. The Morgan fingerprint density at radius 3 is 2.73 bits per heavy atom. The van der Waals surface area contributed by atoms with Crippen LogP contribution in [0.2, 0.25) is 0 Å². The van der Waals surface area contributed by atoms with Gasteiger partial charge in [0.05, 0.1) is 0 Å². The Morgan fingerprint density at radius 2 is 2.36 bits per heavy atom. The highest BCUT2D eigenvalue weighted by molar-refractivity contribution is 7.79. The van der Waals surface area contributed by atoms with E-state index in [0.29, 0.717) is 11.4 Å². The SMILES string of the molecule is CC(=O)c1ccc(CS)cn1. The predicted molar refractivity (Wildman–Crippen MR) is 46.9 cm³/mol. The Labute approximate surface area is 71.1 Å². The highest BCUT2D eigenvalue weighted by Gasteiger charge is 1.98.